The smallest absolute Gasteiger partial charge is 0.332 e. The first-order valence-electron chi connectivity index (χ1n) is 5.88. The summed E-state index contributed by atoms with van der Waals surface area (Å²) in [4.78, 5) is 11.2. The lowest BCUT2D eigenvalue weighted by molar-refractivity contribution is -0.150. The van der Waals surface area contributed by atoms with Crippen molar-refractivity contribution < 1.29 is 23.7 Å². The molecule has 1 unspecified atom stereocenters. The first kappa shape index (κ1) is 13.2. The van der Waals surface area contributed by atoms with Crippen molar-refractivity contribution in [3.63, 3.8) is 0 Å². The third-order valence-electron chi connectivity index (χ3n) is 2.30. The lowest BCUT2D eigenvalue weighted by Crippen LogP contribution is -2.33. The maximum atomic E-state index is 11.2. The number of hydrogen-bond donors (Lipinski definition) is 0. The first-order chi connectivity index (χ1) is 8.79. The van der Waals surface area contributed by atoms with Crippen LogP contribution in [-0.2, 0) is 14.3 Å². The van der Waals surface area contributed by atoms with Crippen LogP contribution < -0.4 is 9.47 Å². The van der Waals surface area contributed by atoms with Gasteiger partial charge in [-0.3, -0.25) is 0 Å². The molecule has 0 spiro atoms. The van der Waals surface area contributed by atoms with Crippen LogP contribution in [0, 0.1) is 0 Å². The zero-order valence-corrected chi connectivity index (χ0v) is 11.0. The number of rotatable bonds is 6. The molecule has 0 aliphatic carbocycles. The molecule has 1 aromatic heterocycles. The molecule has 0 N–H and O–H groups in total. The van der Waals surface area contributed by atoms with Gasteiger partial charge in [-0.2, -0.15) is 0 Å². The predicted octanol–water partition coefficient (Wildman–Crippen LogP) is 1.86. The first-order valence-corrected chi connectivity index (χ1v) is 6.83. The molecule has 0 radical (unpaired) electrons. The molecule has 6 heteroatoms. The zero-order valence-electron chi connectivity index (χ0n) is 10.2. The molecule has 0 saturated heterocycles. The van der Waals surface area contributed by atoms with Crippen LogP contribution in [0.3, 0.4) is 0 Å². The van der Waals surface area contributed by atoms with Crippen LogP contribution in [0.1, 0.15) is 13.3 Å². The largest absolute Gasteiger partial charge is 0.485 e. The van der Waals surface area contributed by atoms with Crippen LogP contribution in [0.15, 0.2) is 10.8 Å². The second-order valence-corrected chi connectivity index (χ2v) is 4.63. The lowest BCUT2D eigenvalue weighted by Gasteiger charge is -2.24. The Morgan fingerprint density at radius 3 is 3.17 bits per heavy atom. The van der Waals surface area contributed by atoms with Gasteiger partial charge in [0.2, 0.25) is 0 Å². The van der Waals surface area contributed by atoms with Crippen LogP contribution >= 0.6 is 11.3 Å². The number of hydrogen-bond acceptors (Lipinski definition) is 6. The second kappa shape index (κ2) is 6.61. The summed E-state index contributed by atoms with van der Waals surface area (Å²) in [6, 6.07) is 0. The Morgan fingerprint density at radius 2 is 2.33 bits per heavy atom. The van der Waals surface area contributed by atoms with E-state index < -0.39 is 0 Å². The molecule has 18 heavy (non-hydrogen) atoms. The molecule has 1 aromatic rings. The highest BCUT2D eigenvalue weighted by Gasteiger charge is 2.22. The van der Waals surface area contributed by atoms with Crippen molar-refractivity contribution in [1.29, 1.82) is 0 Å². The van der Waals surface area contributed by atoms with Gasteiger partial charge in [-0.25, -0.2) is 4.79 Å². The van der Waals surface area contributed by atoms with E-state index >= 15 is 0 Å². The van der Waals surface area contributed by atoms with Crippen molar-refractivity contribution in [2.45, 2.75) is 19.4 Å². The number of fused-ring (bicyclic) bond motifs is 1. The van der Waals surface area contributed by atoms with Crippen LogP contribution in [0.2, 0.25) is 0 Å². The third-order valence-corrected chi connectivity index (χ3v) is 3.00. The Balaban J connectivity index is 1.65. The quantitative estimate of drug-likeness (QED) is 0.740. The average molecular weight is 272 g/mol. The van der Waals surface area contributed by atoms with Gasteiger partial charge >= 0.3 is 5.97 Å². The van der Waals surface area contributed by atoms with E-state index in [0.717, 1.165) is 17.9 Å². The van der Waals surface area contributed by atoms with Gasteiger partial charge in [0.25, 0.3) is 0 Å². The van der Waals surface area contributed by atoms with E-state index in [1.54, 1.807) is 0 Å². The lowest BCUT2D eigenvalue weighted by atomic mass is 10.3. The average Bonchev–Trinajstić information content (AvgIpc) is 2.83. The number of carbonyl (C=O) groups is 1. The van der Waals surface area contributed by atoms with E-state index in [2.05, 4.69) is 0 Å². The van der Waals surface area contributed by atoms with Crippen molar-refractivity contribution in [2.75, 3.05) is 26.4 Å². The molecule has 1 aliphatic heterocycles. The van der Waals surface area contributed by atoms with E-state index in [1.165, 1.54) is 11.3 Å². The summed E-state index contributed by atoms with van der Waals surface area (Å²) in [7, 11) is 0. The SMILES string of the molecule is CCCOC(=O)COCC1COc2cscc2O1. The summed E-state index contributed by atoms with van der Waals surface area (Å²) in [6.07, 6.45) is 0.637. The van der Waals surface area contributed by atoms with Crippen LogP contribution in [0.25, 0.3) is 0 Å². The fourth-order valence-electron chi connectivity index (χ4n) is 1.47. The summed E-state index contributed by atoms with van der Waals surface area (Å²) in [5, 5.41) is 3.78. The van der Waals surface area contributed by atoms with Crippen molar-refractivity contribution in [1.82, 2.24) is 0 Å². The van der Waals surface area contributed by atoms with E-state index in [4.69, 9.17) is 18.9 Å². The molecular weight excluding hydrogens is 256 g/mol. The van der Waals surface area contributed by atoms with Crippen LogP contribution in [0.5, 0.6) is 11.5 Å². The Hall–Kier alpha value is -1.27. The van der Waals surface area contributed by atoms with Crippen molar-refractivity contribution in [2.24, 2.45) is 0 Å². The molecule has 0 amide bonds. The highest BCUT2D eigenvalue weighted by atomic mass is 32.1. The fraction of sp³-hybridized carbons (Fsp3) is 0.583. The normalized spacial score (nSPS) is 17.5. The highest BCUT2D eigenvalue weighted by molar-refractivity contribution is 7.08. The second-order valence-electron chi connectivity index (χ2n) is 3.89. The van der Waals surface area contributed by atoms with Gasteiger partial charge in [-0.05, 0) is 6.42 Å². The molecule has 0 saturated carbocycles. The Labute approximate surface area is 110 Å². The van der Waals surface area contributed by atoms with Crippen molar-refractivity contribution in [3.05, 3.63) is 10.8 Å². The van der Waals surface area contributed by atoms with Crippen LogP contribution in [0.4, 0.5) is 0 Å². The predicted molar refractivity (Wildman–Crippen MR) is 66.3 cm³/mol. The molecule has 2 heterocycles. The molecular formula is C12H16O5S. The zero-order chi connectivity index (χ0) is 12.8. The topological polar surface area (TPSA) is 54.0 Å². The van der Waals surface area contributed by atoms with Gasteiger partial charge in [0.1, 0.15) is 13.2 Å². The molecule has 100 valence electrons. The maximum absolute atomic E-state index is 11.2. The number of thiophene rings is 1. The monoisotopic (exact) mass is 272 g/mol. The van der Waals surface area contributed by atoms with Gasteiger partial charge in [-0.1, -0.05) is 6.92 Å². The summed E-state index contributed by atoms with van der Waals surface area (Å²) in [5.41, 5.74) is 0. The summed E-state index contributed by atoms with van der Waals surface area (Å²) in [5.74, 6) is 1.18. The van der Waals surface area contributed by atoms with Crippen molar-refractivity contribution in [3.8, 4) is 11.5 Å². The molecule has 1 aliphatic rings. The molecule has 2 rings (SSSR count). The number of ether oxygens (including phenoxy) is 4. The minimum absolute atomic E-state index is 0.0453. The summed E-state index contributed by atoms with van der Waals surface area (Å²) >= 11 is 1.53. The number of carbonyl (C=O) groups excluding carboxylic acids is 1. The van der Waals surface area contributed by atoms with Gasteiger partial charge in [0.15, 0.2) is 17.6 Å². The third kappa shape index (κ3) is 3.61. The van der Waals surface area contributed by atoms with Crippen LogP contribution in [-0.4, -0.2) is 38.5 Å². The van der Waals surface area contributed by atoms with E-state index in [-0.39, 0.29) is 18.7 Å². The molecule has 0 fully saturated rings. The van der Waals surface area contributed by atoms with Gasteiger partial charge in [0, 0.05) is 10.8 Å². The standard InChI is InChI=1S/C12H16O5S/c1-2-3-15-12(13)6-14-4-9-5-16-10-7-18-8-11(10)17-9/h7-9H,2-6H2,1H3. The van der Waals surface area contributed by atoms with Gasteiger partial charge in [-0.15, -0.1) is 11.3 Å². The fourth-order valence-corrected chi connectivity index (χ4v) is 2.15. The maximum Gasteiger partial charge on any atom is 0.332 e. The van der Waals surface area contributed by atoms with E-state index in [9.17, 15) is 4.79 Å². The minimum atomic E-state index is -0.343. The minimum Gasteiger partial charge on any atom is -0.485 e. The van der Waals surface area contributed by atoms with Crippen molar-refractivity contribution >= 4 is 17.3 Å². The van der Waals surface area contributed by atoms with Gasteiger partial charge < -0.3 is 18.9 Å². The van der Waals surface area contributed by atoms with E-state index in [0.29, 0.717) is 19.8 Å². The summed E-state index contributed by atoms with van der Waals surface area (Å²) < 4.78 is 21.3. The molecule has 0 aromatic carbocycles. The molecule has 5 nitrogen and oxygen atoms in total. The van der Waals surface area contributed by atoms with Gasteiger partial charge in [0.05, 0.1) is 13.2 Å². The Bertz CT molecular complexity index is 390. The highest BCUT2D eigenvalue weighted by Crippen LogP contribution is 2.35. The molecule has 1 atom stereocenters. The number of esters is 1. The molecule has 0 bridgehead atoms. The Kier molecular flexibility index (Phi) is 4.83. The van der Waals surface area contributed by atoms with E-state index in [1.807, 2.05) is 17.7 Å². The summed E-state index contributed by atoms with van der Waals surface area (Å²) in [6.45, 7) is 3.09. The Morgan fingerprint density at radius 1 is 1.50 bits per heavy atom.